The molecule has 0 unspecified atom stereocenters. The lowest BCUT2D eigenvalue weighted by Crippen LogP contribution is -2.04. The molecular weight excluding hydrogens is 670 g/mol. The topological polar surface area (TPSA) is 177 Å². The summed E-state index contributed by atoms with van der Waals surface area (Å²) in [4.78, 5) is 2.62. The maximum absolute atomic E-state index is 12.6. The zero-order valence-electron chi connectivity index (χ0n) is 25.4. The highest BCUT2D eigenvalue weighted by atomic mass is 19.4. The van der Waals surface area contributed by atoms with Crippen LogP contribution in [0.1, 0.15) is 22.9 Å². The quantitative estimate of drug-likeness (QED) is 0.0576. The molecule has 12 nitrogen and oxygen atoms in total. The van der Waals surface area contributed by atoms with Crippen molar-refractivity contribution in [3.8, 4) is 22.9 Å². The van der Waals surface area contributed by atoms with Crippen molar-refractivity contribution in [3.05, 3.63) is 130 Å². The van der Waals surface area contributed by atoms with E-state index in [-0.39, 0.29) is 30.8 Å². The van der Waals surface area contributed by atoms with Gasteiger partial charge in [0.25, 0.3) is 0 Å². The SMILES string of the molecule is NCc1nnc(-c2ccccc2Nc2ccc(C(F)(F)F)cc2)o1.[N-]=[N+]=NCc1nnc(-c2ccccc2Nc2ccc(C(F)(F)F)cc2)o1. The molecular formula is C32H24F6N10O2. The largest absolute Gasteiger partial charge is 0.420 e. The molecule has 2 heterocycles. The van der Waals surface area contributed by atoms with Crippen molar-refractivity contribution in [2.24, 2.45) is 10.8 Å². The molecule has 256 valence electrons. The van der Waals surface area contributed by atoms with Gasteiger partial charge in [0.1, 0.15) is 6.54 Å². The van der Waals surface area contributed by atoms with Gasteiger partial charge < -0.3 is 25.2 Å². The second kappa shape index (κ2) is 15.2. The van der Waals surface area contributed by atoms with Crippen LogP contribution in [0.5, 0.6) is 0 Å². The summed E-state index contributed by atoms with van der Waals surface area (Å²) in [5.74, 6) is 0.935. The smallest absolute Gasteiger partial charge is 0.416 e. The number of hydrogen-bond donors (Lipinski definition) is 3. The molecule has 0 saturated heterocycles. The van der Waals surface area contributed by atoms with E-state index in [0.29, 0.717) is 39.8 Å². The first kappa shape index (κ1) is 34.9. The molecule has 0 radical (unpaired) electrons. The van der Waals surface area contributed by atoms with E-state index in [0.717, 1.165) is 24.3 Å². The number of para-hydroxylation sites is 2. The second-order valence-electron chi connectivity index (χ2n) is 10.1. The molecule has 6 aromatic rings. The first-order valence-electron chi connectivity index (χ1n) is 14.4. The van der Waals surface area contributed by atoms with Gasteiger partial charge in [0.2, 0.25) is 23.6 Å². The van der Waals surface area contributed by atoms with Crippen molar-refractivity contribution in [2.45, 2.75) is 25.4 Å². The molecule has 4 N–H and O–H groups in total. The Morgan fingerprint density at radius 3 is 1.44 bits per heavy atom. The fourth-order valence-corrected chi connectivity index (χ4v) is 4.32. The number of hydrogen-bond acceptors (Lipinski definition) is 10. The van der Waals surface area contributed by atoms with Crippen molar-refractivity contribution >= 4 is 22.7 Å². The van der Waals surface area contributed by atoms with Gasteiger partial charge in [0.05, 0.1) is 40.2 Å². The summed E-state index contributed by atoms with van der Waals surface area (Å²) in [5.41, 5.74) is 15.7. The molecule has 0 atom stereocenters. The molecule has 0 bridgehead atoms. The number of azide groups is 1. The van der Waals surface area contributed by atoms with Gasteiger partial charge in [0, 0.05) is 16.3 Å². The molecule has 0 saturated carbocycles. The predicted molar refractivity (Wildman–Crippen MR) is 170 cm³/mol. The van der Waals surface area contributed by atoms with Gasteiger partial charge in [-0.25, -0.2) is 0 Å². The van der Waals surface area contributed by atoms with E-state index in [1.165, 1.54) is 24.3 Å². The van der Waals surface area contributed by atoms with Gasteiger partial charge in [0.15, 0.2) is 0 Å². The summed E-state index contributed by atoms with van der Waals surface area (Å²) in [6.45, 7) is 0.0551. The number of rotatable bonds is 9. The normalized spacial score (nSPS) is 11.3. The summed E-state index contributed by atoms with van der Waals surface area (Å²) in [5, 5.41) is 24.8. The van der Waals surface area contributed by atoms with E-state index in [1.807, 2.05) is 0 Å². The van der Waals surface area contributed by atoms with Gasteiger partial charge in [-0.05, 0) is 78.3 Å². The minimum absolute atomic E-state index is 0.0714. The number of anilines is 4. The molecule has 50 heavy (non-hydrogen) atoms. The lowest BCUT2D eigenvalue weighted by Gasteiger charge is -2.11. The Morgan fingerprint density at radius 2 is 1.04 bits per heavy atom. The van der Waals surface area contributed by atoms with Crippen molar-refractivity contribution in [2.75, 3.05) is 10.6 Å². The first-order chi connectivity index (χ1) is 23.9. The Labute approximate surface area is 278 Å². The molecule has 18 heteroatoms. The Balaban J connectivity index is 0.000000195. The fraction of sp³-hybridized carbons (Fsp3) is 0.125. The highest BCUT2D eigenvalue weighted by molar-refractivity contribution is 5.77. The molecule has 0 aliphatic heterocycles. The predicted octanol–water partition coefficient (Wildman–Crippen LogP) is 9.27. The van der Waals surface area contributed by atoms with Crippen molar-refractivity contribution in [1.29, 1.82) is 0 Å². The third kappa shape index (κ3) is 8.94. The highest BCUT2D eigenvalue weighted by Crippen LogP contribution is 2.34. The number of nitrogens with zero attached hydrogens (tertiary/aromatic N) is 7. The molecule has 6 rings (SSSR count). The lowest BCUT2D eigenvalue weighted by molar-refractivity contribution is -0.138. The van der Waals surface area contributed by atoms with Crippen LogP contribution in [0.2, 0.25) is 0 Å². The minimum Gasteiger partial charge on any atom is -0.420 e. The second-order valence-corrected chi connectivity index (χ2v) is 10.1. The number of benzene rings is 4. The van der Waals surface area contributed by atoms with Crippen LogP contribution in [-0.4, -0.2) is 20.4 Å². The Morgan fingerprint density at radius 1 is 0.620 bits per heavy atom. The molecule has 0 fully saturated rings. The van der Waals surface area contributed by atoms with E-state index in [1.54, 1.807) is 48.5 Å². The van der Waals surface area contributed by atoms with Gasteiger partial charge in [-0.15, -0.1) is 20.4 Å². The summed E-state index contributed by atoms with van der Waals surface area (Å²) in [6, 6.07) is 23.5. The van der Waals surface area contributed by atoms with Crippen LogP contribution in [-0.2, 0) is 25.4 Å². The standard InChI is InChI=1S/C16H11F3N6O.C16H13F3N4O/c17-16(18,19)10-5-7-11(8-6-10)22-13-4-2-1-3-12(13)15-24-23-14(26-15)9-21-25-20;17-16(18,19)10-5-7-11(8-6-10)21-13-4-2-1-3-12(13)15-23-22-14(9-20)24-15/h1-8,22H,9H2;1-8,21H,9,20H2. The Hall–Kier alpha value is -6.39. The summed E-state index contributed by atoms with van der Waals surface area (Å²) in [6.07, 6.45) is -8.75. The molecule has 0 amide bonds. The molecule has 0 spiro atoms. The van der Waals surface area contributed by atoms with Gasteiger partial charge in [-0.1, -0.05) is 29.4 Å². The van der Waals surface area contributed by atoms with Crippen molar-refractivity contribution < 1.29 is 35.2 Å². The van der Waals surface area contributed by atoms with Crippen LogP contribution in [0.15, 0.2) is 111 Å². The van der Waals surface area contributed by atoms with Crippen molar-refractivity contribution in [3.63, 3.8) is 0 Å². The Bertz CT molecular complexity index is 2070. The third-order valence-corrected chi connectivity index (χ3v) is 6.67. The van der Waals surface area contributed by atoms with Crippen LogP contribution in [0, 0.1) is 0 Å². The van der Waals surface area contributed by atoms with Crippen molar-refractivity contribution in [1.82, 2.24) is 20.4 Å². The third-order valence-electron chi connectivity index (χ3n) is 6.67. The van der Waals surface area contributed by atoms with Gasteiger partial charge >= 0.3 is 12.4 Å². The summed E-state index contributed by atoms with van der Waals surface area (Å²) in [7, 11) is 0. The average Bonchev–Trinajstić information content (AvgIpc) is 3.78. The number of nitrogens with two attached hydrogens (primary N) is 1. The maximum atomic E-state index is 12.6. The number of nitrogens with one attached hydrogen (secondary N) is 2. The van der Waals surface area contributed by atoms with E-state index >= 15 is 0 Å². The Kier molecular flexibility index (Phi) is 10.6. The number of aromatic nitrogens is 4. The highest BCUT2D eigenvalue weighted by Gasteiger charge is 2.30. The first-order valence-corrected chi connectivity index (χ1v) is 14.4. The van der Waals surface area contributed by atoms with E-state index in [2.05, 4.69) is 41.1 Å². The van der Waals surface area contributed by atoms with Crippen LogP contribution >= 0.6 is 0 Å². The number of halogens is 6. The minimum atomic E-state index is -4.39. The molecule has 2 aromatic heterocycles. The summed E-state index contributed by atoms with van der Waals surface area (Å²) < 4.78 is 86.6. The average molecular weight is 695 g/mol. The van der Waals surface area contributed by atoms with Crippen LogP contribution in [0.25, 0.3) is 33.4 Å². The fourth-order valence-electron chi connectivity index (χ4n) is 4.32. The molecule has 0 aliphatic rings. The molecule has 4 aromatic carbocycles. The van der Waals surface area contributed by atoms with E-state index < -0.39 is 23.5 Å². The molecule has 0 aliphatic carbocycles. The van der Waals surface area contributed by atoms with Crippen LogP contribution in [0.4, 0.5) is 49.1 Å². The zero-order chi connectivity index (χ0) is 35.7. The maximum Gasteiger partial charge on any atom is 0.416 e. The van der Waals surface area contributed by atoms with E-state index in [4.69, 9.17) is 20.1 Å². The number of alkyl halides is 6. The van der Waals surface area contributed by atoms with E-state index in [9.17, 15) is 26.3 Å². The lowest BCUT2D eigenvalue weighted by atomic mass is 10.1. The summed E-state index contributed by atoms with van der Waals surface area (Å²) >= 11 is 0. The van der Waals surface area contributed by atoms with Crippen LogP contribution in [0.3, 0.4) is 0 Å². The van der Waals surface area contributed by atoms with Gasteiger partial charge in [-0.2, -0.15) is 26.3 Å². The zero-order valence-corrected chi connectivity index (χ0v) is 25.4. The van der Waals surface area contributed by atoms with Gasteiger partial charge in [-0.3, -0.25) is 0 Å². The monoisotopic (exact) mass is 694 g/mol. The van der Waals surface area contributed by atoms with Crippen LogP contribution < -0.4 is 16.4 Å².